The van der Waals surface area contributed by atoms with E-state index < -0.39 is 0 Å². The number of anilines is 1. The Bertz CT molecular complexity index is 836. The molecule has 5 nitrogen and oxygen atoms in total. The molecule has 124 valence electrons. The minimum atomic E-state index is -0.146. The van der Waals surface area contributed by atoms with E-state index in [1.807, 2.05) is 17.5 Å². The lowest BCUT2D eigenvalue weighted by Crippen LogP contribution is -2.28. The van der Waals surface area contributed by atoms with Gasteiger partial charge >= 0.3 is 0 Å². The van der Waals surface area contributed by atoms with Crippen molar-refractivity contribution in [3.63, 3.8) is 0 Å². The van der Waals surface area contributed by atoms with Crippen molar-refractivity contribution < 1.29 is 4.79 Å². The first kappa shape index (κ1) is 17.2. The van der Waals surface area contributed by atoms with Crippen molar-refractivity contribution in [3.05, 3.63) is 50.9 Å². The standard InChI is InChI=1S/C15H12Cl2N4OS2/c16-9-6-10(17)13(20-7-9)18-3-4-19-14(22)12-8-21-15(24-12)11-2-1-5-23-11/h1-2,5-8H,3-4H2,(H,18,20)(H,19,22). The molecule has 0 atom stereocenters. The predicted octanol–water partition coefficient (Wildman–Crippen LogP) is 4.42. The van der Waals surface area contributed by atoms with Crippen molar-refractivity contribution in [2.75, 3.05) is 18.4 Å². The Morgan fingerprint density at radius 2 is 2.08 bits per heavy atom. The third kappa shape index (κ3) is 4.24. The number of nitrogens with one attached hydrogen (secondary N) is 2. The Hall–Kier alpha value is -1.67. The van der Waals surface area contributed by atoms with E-state index in [-0.39, 0.29) is 5.91 Å². The van der Waals surface area contributed by atoms with Crippen molar-refractivity contribution in [3.8, 4) is 9.88 Å². The fourth-order valence-electron chi connectivity index (χ4n) is 1.88. The molecule has 0 saturated heterocycles. The zero-order valence-electron chi connectivity index (χ0n) is 12.3. The molecule has 0 aliphatic carbocycles. The highest BCUT2D eigenvalue weighted by Gasteiger charge is 2.11. The van der Waals surface area contributed by atoms with Crippen LogP contribution in [-0.4, -0.2) is 29.0 Å². The molecule has 0 radical (unpaired) electrons. The number of pyridine rings is 1. The van der Waals surface area contributed by atoms with E-state index in [1.54, 1.807) is 23.6 Å². The smallest absolute Gasteiger partial charge is 0.263 e. The number of carbonyl (C=O) groups is 1. The van der Waals surface area contributed by atoms with Crippen LogP contribution in [0.4, 0.5) is 5.82 Å². The molecule has 24 heavy (non-hydrogen) atoms. The number of nitrogens with zero attached hydrogens (tertiary/aromatic N) is 2. The first-order valence-corrected chi connectivity index (χ1v) is 9.41. The Morgan fingerprint density at radius 1 is 1.21 bits per heavy atom. The number of rotatable bonds is 6. The van der Waals surface area contributed by atoms with Gasteiger partial charge in [-0.25, -0.2) is 9.97 Å². The van der Waals surface area contributed by atoms with E-state index in [4.69, 9.17) is 23.2 Å². The van der Waals surface area contributed by atoms with Crippen LogP contribution in [0.15, 0.2) is 36.0 Å². The van der Waals surface area contributed by atoms with Gasteiger partial charge in [0, 0.05) is 19.3 Å². The summed E-state index contributed by atoms with van der Waals surface area (Å²) < 4.78 is 0. The van der Waals surface area contributed by atoms with Gasteiger partial charge in [0.05, 0.1) is 21.1 Å². The number of halogens is 2. The van der Waals surface area contributed by atoms with Gasteiger partial charge in [-0.1, -0.05) is 29.3 Å². The quantitative estimate of drug-likeness (QED) is 0.603. The molecule has 0 aromatic carbocycles. The lowest BCUT2D eigenvalue weighted by molar-refractivity contribution is 0.0959. The number of hydrogen-bond donors (Lipinski definition) is 2. The molecule has 0 unspecified atom stereocenters. The molecular weight excluding hydrogens is 387 g/mol. The summed E-state index contributed by atoms with van der Waals surface area (Å²) in [4.78, 5) is 22.1. The minimum absolute atomic E-state index is 0.146. The predicted molar refractivity (Wildman–Crippen MR) is 101 cm³/mol. The molecule has 3 rings (SSSR count). The summed E-state index contributed by atoms with van der Waals surface area (Å²) in [6, 6.07) is 5.56. The van der Waals surface area contributed by atoms with Gasteiger partial charge in [0.2, 0.25) is 0 Å². The summed E-state index contributed by atoms with van der Waals surface area (Å²) in [5, 5.41) is 9.64. The van der Waals surface area contributed by atoms with Crippen LogP contribution in [0.25, 0.3) is 9.88 Å². The number of thiophene rings is 1. The van der Waals surface area contributed by atoms with E-state index in [1.165, 1.54) is 17.5 Å². The molecule has 3 heterocycles. The molecule has 3 aromatic heterocycles. The number of aromatic nitrogens is 2. The second-order valence-corrected chi connectivity index (χ2v) is 7.50. The van der Waals surface area contributed by atoms with E-state index in [0.717, 1.165) is 9.88 Å². The van der Waals surface area contributed by atoms with Crippen LogP contribution in [0.2, 0.25) is 10.0 Å². The van der Waals surface area contributed by atoms with Gasteiger partial charge in [0.25, 0.3) is 5.91 Å². The van der Waals surface area contributed by atoms with Crippen molar-refractivity contribution in [1.82, 2.24) is 15.3 Å². The summed E-state index contributed by atoms with van der Waals surface area (Å²) in [6.07, 6.45) is 3.11. The second-order valence-electron chi connectivity index (χ2n) is 4.67. The van der Waals surface area contributed by atoms with E-state index >= 15 is 0 Å². The first-order valence-electron chi connectivity index (χ1n) is 6.96. The van der Waals surface area contributed by atoms with Gasteiger partial charge < -0.3 is 10.6 Å². The number of thiazole rings is 1. The highest BCUT2D eigenvalue weighted by molar-refractivity contribution is 7.21. The van der Waals surface area contributed by atoms with Gasteiger partial charge in [0.15, 0.2) is 0 Å². The average Bonchev–Trinajstić information content (AvgIpc) is 3.23. The van der Waals surface area contributed by atoms with Crippen molar-refractivity contribution >= 4 is 57.6 Å². The Labute approximate surface area is 156 Å². The summed E-state index contributed by atoms with van der Waals surface area (Å²) in [6.45, 7) is 0.933. The van der Waals surface area contributed by atoms with E-state index in [2.05, 4.69) is 20.6 Å². The van der Waals surface area contributed by atoms with Gasteiger partial charge in [-0.3, -0.25) is 4.79 Å². The van der Waals surface area contributed by atoms with Gasteiger partial charge in [0.1, 0.15) is 15.7 Å². The van der Waals surface area contributed by atoms with E-state index in [0.29, 0.717) is 33.8 Å². The minimum Gasteiger partial charge on any atom is -0.367 e. The second kappa shape index (κ2) is 7.94. The van der Waals surface area contributed by atoms with Crippen molar-refractivity contribution in [1.29, 1.82) is 0 Å². The number of carbonyl (C=O) groups excluding carboxylic acids is 1. The summed E-state index contributed by atoms with van der Waals surface area (Å²) in [7, 11) is 0. The van der Waals surface area contributed by atoms with Crippen LogP contribution < -0.4 is 10.6 Å². The molecule has 2 N–H and O–H groups in total. The molecule has 3 aromatic rings. The molecule has 0 saturated carbocycles. The zero-order chi connectivity index (χ0) is 16.9. The summed E-state index contributed by atoms with van der Waals surface area (Å²) in [5.74, 6) is 0.389. The molecule has 0 aliphatic heterocycles. The van der Waals surface area contributed by atoms with Crippen LogP contribution in [0.1, 0.15) is 9.67 Å². The monoisotopic (exact) mass is 398 g/mol. The summed E-state index contributed by atoms with van der Waals surface area (Å²) >= 11 is 14.8. The highest BCUT2D eigenvalue weighted by atomic mass is 35.5. The molecule has 0 aliphatic rings. The maximum Gasteiger partial charge on any atom is 0.263 e. The number of amides is 1. The fraction of sp³-hybridized carbons (Fsp3) is 0.133. The lowest BCUT2D eigenvalue weighted by atomic mass is 10.4. The van der Waals surface area contributed by atoms with Crippen LogP contribution in [0.5, 0.6) is 0 Å². The van der Waals surface area contributed by atoms with Crippen LogP contribution in [0.3, 0.4) is 0 Å². The van der Waals surface area contributed by atoms with E-state index in [9.17, 15) is 4.79 Å². The Balaban J connectivity index is 1.49. The average molecular weight is 399 g/mol. The molecule has 0 fully saturated rings. The third-order valence-electron chi connectivity index (χ3n) is 2.97. The maximum atomic E-state index is 12.1. The largest absolute Gasteiger partial charge is 0.367 e. The molecule has 0 spiro atoms. The number of hydrogen-bond acceptors (Lipinski definition) is 6. The normalized spacial score (nSPS) is 10.6. The van der Waals surface area contributed by atoms with Crippen molar-refractivity contribution in [2.24, 2.45) is 0 Å². The lowest BCUT2D eigenvalue weighted by Gasteiger charge is -2.08. The SMILES string of the molecule is O=C(NCCNc1ncc(Cl)cc1Cl)c1cnc(-c2cccs2)s1. The first-order chi connectivity index (χ1) is 11.6. The molecule has 1 amide bonds. The molecular formula is C15H12Cl2N4OS2. The van der Waals surface area contributed by atoms with Gasteiger partial charge in [-0.15, -0.1) is 22.7 Å². The topological polar surface area (TPSA) is 66.9 Å². The molecule has 9 heteroatoms. The fourth-order valence-corrected chi connectivity index (χ4v) is 3.97. The van der Waals surface area contributed by atoms with Crippen molar-refractivity contribution in [2.45, 2.75) is 0 Å². The molecule has 0 bridgehead atoms. The van der Waals surface area contributed by atoms with Crippen LogP contribution in [-0.2, 0) is 0 Å². The highest BCUT2D eigenvalue weighted by Crippen LogP contribution is 2.28. The Kier molecular flexibility index (Phi) is 5.68. The van der Waals surface area contributed by atoms with Crippen LogP contribution >= 0.6 is 45.9 Å². The Morgan fingerprint density at radius 3 is 2.83 bits per heavy atom. The zero-order valence-corrected chi connectivity index (χ0v) is 15.4. The van der Waals surface area contributed by atoms with Crippen LogP contribution in [0, 0.1) is 0 Å². The third-order valence-corrected chi connectivity index (χ3v) is 5.50. The van der Waals surface area contributed by atoms with Gasteiger partial charge in [-0.05, 0) is 17.5 Å². The maximum absolute atomic E-state index is 12.1. The summed E-state index contributed by atoms with van der Waals surface area (Å²) in [5.41, 5.74) is 0. The van der Waals surface area contributed by atoms with Gasteiger partial charge in [-0.2, -0.15) is 0 Å².